The van der Waals surface area contributed by atoms with Gasteiger partial charge in [0, 0.05) is 22.3 Å². The molecule has 0 N–H and O–H groups in total. The quantitative estimate of drug-likeness (QED) is 0.779. The van der Waals surface area contributed by atoms with Crippen LogP contribution < -0.4 is 4.74 Å². The second kappa shape index (κ2) is 4.28. The Bertz CT molecular complexity index is 459. The van der Waals surface area contributed by atoms with Crippen LogP contribution in [0.1, 0.15) is 0 Å². The van der Waals surface area contributed by atoms with Crippen molar-refractivity contribution in [2.75, 3.05) is 7.11 Å². The second-order valence-electron chi connectivity index (χ2n) is 2.89. The van der Waals surface area contributed by atoms with Crippen LogP contribution in [0.25, 0.3) is 11.1 Å². The van der Waals surface area contributed by atoms with Crippen LogP contribution in [0.4, 0.5) is 0 Å². The highest BCUT2D eigenvalue weighted by Crippen LogP contribution is 2.31. The van der Waals surface area contributed by atoms with Crippen LogP contribution in [0.2, 0.25) is 5.02 Å². The number of rotatable bonds is 2. The van der Waals surface area contributed by atoms with Crippen LogP contribution in [0.3, 0.4) is 0 Å². The Morgan fingerprint density at radius 2 is 2.27 bits per heavy atom. The zero-order valence-electron chi connectivity index (χ0n) is 8.07. The zero-order valence-corrected chi connectivity index (χ0v) is 8.82. The maximum atomic E-state index is 5.91. The highest BCUT2D eigenvalue weighted by molar-refractivity contribution is 6.30. The molecule has 0 saturated heterocycles. The minimum absolute atomic E-state index is 0.642. The summed E-state index contributed by atoms with van der Waals surface area (Å²) < 4.78 is 5.22. The molecule has 1 aromatic carbocycles. The number of hydrogen-bond acceptors (Lipinski definition) is 3. The van der Waals surface area contributed by atoms with E-state index >= 15 is 0 Å². The number of aromatic nitrogens is 2. The molecule has 0 aliphatic carbocycles. The van der Waals surface area contributed by atoms with E-state index in [1.807, 2.05) is 0 Å². The van der Waals surface area contributed by atoms with Gasteiger partial charge in [0.2, 0.25) is 0 Å². The van der Waals surface area contributed by atoms with Gasteiger partial charge < -0.3 is 4.74 Å². The fourth-order valence-corrected chi connectivity index (χ4v) is 1.46. The van der Waals surface area contributed by atoms with Gasteiger partial charge in [-0.3, -0.25) is 0 Å². The summed E-state index contributed by atoms with van der Waals surface area (Å²) in [6.07, 6.45) is 5.93. The number of halogens is 1. The molecule has 3 nitrogen and oxygen atoms in total. The van der Waals surface area contributed by atoms with Crippen molar-refractivity contribution < 1.29 is 4.74 Å². The third-order valence-corrected chi connectivity index (χ3v) is 2.20. The lowest BCUT2D eigenvalue weighted by molar-refractivity contribution is 0.416. The summed E-state index contributed by atoms with van der Waals surface area (Å²) in [6, 6.07) is 5.38. The Morgan fingerprint density at radius 1 is 1.40 bits per heavy atom. The molecule has 0 atom stereocenters. The number of hydrogen-bond donors (Lipinski definition) is 0. The molecule has 1 heterocycles. The topological polar surface area (TPSA) is 35.0 Å². The molecular formula is C11H8ClN2O. The van der Waals surface area contributed by atoms with Crippen LogP contribution >= 0.6 is 11.6 Å². The van der Waals surface area contributed by atoms with Gasteiger partial charge in [-0.05, 0) is 18.2 Å². The molecule has 0 saturated carbocycles. The molecule has 0 spiro atoms. The lowest BCUT2D eigenvalue weighted by Gasteiger charge is -2.07. The molecule has 0 unspecified atom stereocenters. The number of methoxy groups -OCH3 is 1. The van der Waals surface area contributed by atoms with E-state index in [1.165, 1.54) is 6.33 Å². The summed E-state index contributed by atoms with van der Waals surface area (Å²) in [6.45, 7) is 0. The first-order chi connectivity index (χ1) is 7.31. The van der Waals surface area contributed by atoms with Gasteiger partial charge in [0.15, 0.2) is 0 Å². The van der Waals surface area contributed by atoms with E-state index in [0.717, 1.165) is 16.9 Å². The van der Waals surface area contributed by atoms with Crippen molar-refractivity contribution in [3.05, 3.63) is 41.9 Å². The summed E-state index contributed by atoms with van der Waals surface area (Å²) in [5.41, 5.74) is 1.60. The first-order valence-electron chi connectivity index (χ1n) is 4.33. The number of ether oxygens (including phenoxy) is 1. The number of nitrogens with zero attached hydrogens (tertiary/aromatic N) is 2. The molecule has 4 heteroatoms. The molecule has 0 bridgehead atoms. The van der Waals surface area contributed by atoms with E-state index in [-0.39, 0.29) is 0 Å². The molecule has 15 heavy (non-hydrogen) atoms. The monoisotopic (exact) mass is 219 g/mol. The summed E-state index contributed by atoms with van der Waals surface area (Å²) >= 11 is 5.91. The predicted molar refractivity (Wildman–Crippen MR) is 57.9 cm³/mol. The minimum atomic E-state index is 0.642. The summed E-state index contributed by atoms with van der Waals surface area (Å²) in [5.74, 6) is 0.727. The van der Waals surface area contributed by atoms with E-state index < -0.39 is 0 Å². The highest BCUT2D eigenvalue weighted by Gasteiger charge is 2.06. The molecular weight excluding hydrogens is 212 g/mol. The third kappa shape index (κ3) is 2.07. The van der Waals surface area contributed by atoms with Crippen LogP contribution in [0, 0.1) is 6.20 Å². The van der Waals surface area contributed by atoms with Crippen LogP contribution in [0.15, 0.2) is 30.7 Å². The standard InChI is InChI=1S/C11H8ClN2O/c1-15-11-3-2-9(12)4-10(11)8-5-13-7-14-6-8/h2-5,7H,1H3. The zero-order chi connectivity index (χ0) is 10.7. The SMILES string of the molecule is COc1ccc(Cl)cc1-c1[c]ncnc1. The molecule has 2 rings (SSSR count). The maximum absolute atomic E-state index is 5.91. The van der Waals surface area contributed by atoms with Gasteiger partial charge in [-0.2, -0.15) is 0 Å². The average molecular weight is 220 g/mol. The Kier molecular flexibility index (Phi) is 2.83. The van der Waals surface area contributed by atoms with Gasteiger partial charge in [-0.1, -0.05) is 11.6 Å². The lowest BCUT2D eigenvalue weighted by atomic mass is 10.1. The van der Waals surface area contributed by atoms with Crippen molar-refractivity contribution in [1.29, 1.82) is 0 Å². The van der Waals surface area contributed by atoms with Crippen LogP contribution in [0.5, 0.6) is 5.75 Å². The highest BCUT2D eigenvalue weighted by atomic mass is 35.5. The average Bonchev–Trinajstić information content (AvgIpc) is 2.30. The molecule has 0 fully saturated rings. The van der Waals surface area contributed by atoms with Crippen LogP contribution in [-0.2, 0) is 0 Å². The van der Waals surface area contributed by atoms with Gasteiger partial charge in [0.25, 0.3) is 0 Å². The summed E-state index contributed by atoms with van der Waals surface area (Å²) in [5, 5.41) is 0.642. The molecule has 0 aliphatic heterocycles. The minimum Gasteiger partial charge on any atom is -0.496 e. The van der Waals surface area contributed by atoms with E-state index in [4.69, 9.17) is 16.3 Å². The van der Waals surface area contributed by atoms with E-state index in [0.29, 0.717) is 5.02 Å². The Morgan fingerprint density at radius 3 is 2.93 bits per heavy atom. The van der Waals surface area contributed by atoms with Crippen molar-refractivity contribution in [2.45, 2.75) is 0 Å². The molecule has 75 valence electrons. The van der Waals surface area contributed by atoms with E-state index in [2.05, 4.69) is 16.2 Å². The molecule has 0 amide bonds. The van der Waals surface area contributed by atoms with Crippen molar-refractivity contribution >= 4 is 11.6 Å². The first kappa shape index (κ1) is 9.93. The van der Waals surface area contributed by atoms with Gasteiger partial charge >= 0.3 is 0 Å². The molecule has 1 radical (unpaired) electrons. The van der Waals surface area contributed by atoms with Crippen molar-refractivity contribution in [3.8, 4) is 16.9 Å². The maximum Gasteiger partial charge on any atom is 0.126 e. The van der Waals surface area contributed by atoms with Gasteiger partial charge in [-0.25, -0.2) is 9.97 Å². The van der Waals surface area contributed by atoms with Crippen molar-refractivity contribution in [1.82, 2.24) is 9.97 Å². The Hall–Kier alpha value is -1.61. The predicted octanol–water partition coefficient (Wildman–Crippen LogP) is 2.61. The number of benzene rings is 1. The third-order valence-electron chi connectivity index (χ3n) is 1.96. The lowest BCUT2D eigenvalue weighted by Crippen LogP contribution is -1.89. The van der Waals surface area contributed by atoms with Crippen molar-refractivity contribution in [2.24, 2.45) is 0 Å². The van der Waals surface area contributed by atoms with Gasteiger partial charge in [0.1, 0.15) is 18.3 Å². The fraction of sp³-hybridized carbons (Fsp3) is 0.0909. The summed E-state index contributed by atoms with van der Waals surface area (Å²) in [4.78, 5) is 7.76. The Balaban J connectivity index is 2.56. The first-order valence-corrected chi connectivity index (χ1v) is 4.70. The van der Waals surface area contributed by atoms with Gasteiger partial charge in [0.05, 0.1) is 7.11 Å². The van der Waals surface area contributed by atoms with E-state index in [9.17, 15) is 0 Å². The smallest absolute Gasteiger partial charge is 0.126 e. The van der Waals surface area contributed by atoms with Crippen LogP contribution in [-0.4, -0.2) is 17.1 Å². The van der Waals surface area contributed by atoms with Gasteiger partial charge in [-0.15, -0.1) is 0 Å². The Labute approximate surface area is 92.7 Å². The van der Waals surface area contributed by atoms with Crippen molar-refractivity contribution in [3.63, 3.8) is 0 Å². The molecule has 1 aromatic heterocycles. The molecule has 0 aliphatic rings. The normalized spacial score (nSPS) is 10.0. The summed E-state index contributed by atoms with van der Waals surface area (Å²) in [7, 11) is 1.61. The van der Waals surface area contributed by atoms with E-state index in [1.54, 1.807) is 31.5 Å². The fourth-order valence-electron chi connectivity index (χ4n) is 1.29. The molecule has 2 aromatic rings. The largest absolute Gasteiger partial charge is 0.496 e. The second-order valence-corrected chi connectivity index (χ2v) is 3.33.